The number of fused-ring (bicyclic) bond motifs is 1. The molecule has 0 saturated heterocycles. The van der Waals surface area contributed by atoms with Crippen LogP contribution in [0.3, 0.4) is 0 Å². The van der Waals surface area contributed by atoms with Gasteiger partial charge in [-0.05, 0) is 41.8 Å². The number of hydrogen-bond acceptors (Lipinski definition) is 4. The molecule has 6 nitrogen and oxygen atoms in total. The molecule has 0 aliphatic carbocycles. The highest BCUT2D eigenvalue weighted by atomic mass is 32.1. The molecule has 4 rings (SSSR count). The van der Waals surface area contributed by atoms with Crippen LogP contribution < -0.4 is 10.9 Å². The largest absolute Gasteiger partial charge is 0.326 e. The van der Waals surface area contributed by atoms with Crippen molar-refractivity contribution in [3.05, 3.63) is 76.9 Å². The third kappa shape index (κ3) is 3.29. The number of anilines is 1. The van der Waals surface area contributed by atoms with Gasteiger partial charge < -0.3 is 9.88 Å². The number of nitrogens with zero attached hydrogens (tertiary/aromatic N) is 3. The normalized spacial score (nSPS) is 10.9. The first kappa shape index (κ1) is 16.3. The van der Waals surface area contributed by atoms with E-state index in [9.17, 15) is 9.59 Å². The van der Waals surface area contributed by atoms with Crippen LogP contribution in [0, 0.1) is 0 Å². The predicted octanol–water partition coefficient (Wildman–Crippen LogP) is 3.28. The lowest BCUT2D eigenvalue weighted by Crippen LogP contribution is -2.23. The Labute approximate surface area is 153 Å². The molecule has 1 N–H and O–H groups in total. The molecular formula is C19H16N4O2S. The van der Waals surface area contributed by atoms with E-state index in [0.717, 1.165) is 16.2 Å². The molecule has 3 heterocycles. The SMILES string of the molecule is O=C(CCn1cnc2sccc2c1=O)Nc1cccc(-n2cccc2)c1. The summed E-state index contributed by atoms with van der Waals surface area (Å²) in [5.74, 6) is -0.146. The number of carbonyl (C=O) groups excluding carboxylic acids is 1. The monoisotopic (exact) mass is 364 g/mol. The van der Waals surface area contributed by atoms with Crippen molar-refractivity contribution >= 4 is 33.1 Å². The summed E-state index contributed by atoms with van der Waals surface area (Å²) in [5, 5.41) is 5.32. The van der Waals surface area contributed by atoms with Crippen LogP contribution in [0.15, 0.2) is 71.4 Å². The summed E-state index contributed by atoms with van der Waals surface area (Å²) in [6, 6.07) is 13.3. The van der Waals surface area contributed by atoms with E-state index in [1.54, 1.807) is 6.07 Å². The second-order valence-corrected chi connectivity index (χ2v) is 6.72. The lowest BCUT2D eigenvalue weighted by Gasteiger charge is -2.09. The van der Waals surface area contributed by atoms with E-state index in [-0.39, 0.29) is 17.9 Å². The van der Waals surface area contributed by atoms with E-state index in [1.165, 1.54) is 22.2 Å². The molecule has 0 bridgehead atoms. The first-order valence-electron chi connectivity index (χ1n) is 8.16. The lowest BCUT2D eigenvalue weighted by atomic mass is 10.2. The van der Waals surface area contributed by atoms with Crippen LogP contribution in [0.25, 0.3) is 15.9 Å². The highest BCUT2D eigenvalue weighted by Crippen LogP contribution is 2.16. The quantitative estimate of drug-likeness (QED) is 0.591. The number of nitrogens with one attached hydrogen (secondary N) is 1. The van der Waals surface area contributed by atoms with Crippen molar-refractivity contribution in [3.8, 4) is 5.69 Å². The Bertz CT molecular complexity index is 1110. The maximum atomic E-state index is 12.3. The lowest BCUT2D eigenvalue weighted by molar-refractivity contribution is -0.116. The van der Waals surface area contributed by atoms with Gasteiger partial charge in [0, 0.05) is 36.7 Å². The number of aromatic nitrogens is 3. The van der Waals surface area contributed by atoms with Gasteiger partial charge in [-0.1, -0.05) is 6.07 Å². The van der Waals surface area contributed by atoms with Gasteiger partial charge in [-0.3, -0.25) is 14.2 Å². The molecule has 7 heteroatoms. The van der Waals surface area contributed by atoms with Crippen LogP contribution in [0.1, 0.15) is 6.42 Å². The van der Waals surface area contributed by atoms with Crippen molar-refractivity contribution in [2.75, 3.05) is 5.32 Å². The van der Waals surface area contributed by atoms with Gasteiger partial charge in [0.25, 0.3) is 5.56 Å². The Morgan fingerprint density at radius 3 is 2.85 bits per heavy atom. The fourth-order valence-corrected chi connectivity index (χ4v) is 3.47. The summed E-state index contributed by atoms with van der Waals surface area (Å²) in [4.78, 5) is 29.6. The average molecular weight is 364 g/mol. The van der Waals surface area contributed by atoms with Crippen LogP contribution >= 0.6 is 11.3 Å². The van der Waals surface area contributed by atoms with Crippen molar-refractivity contribution in [1.82, 2.24) is 14.1 Å². The van der Waals surface area contributed by atoms with Crippen LogP contribution in [0.2, 0.25) is 0 Å². The van der Waals surface area contributed by atoms with Crippen LogP contribution in [0.4, 0.5) is 5.69 Å². The van der Waals surface area contributed by atoms with Crippen molar-refractivity contribution in [1.29, 1.82) is 0 Å². The van der Waals surface area contributed by atoms with Gasteiger partial charge in [0.1, 0.15) is 4.83 Å². The van der Waals surface area contributed by atoms with E-state index in [4.69, 9.17) is 0 Å². The Morgan fingerprint density at radius 2 is 2.00 bits per heavy atom. The van der Waals surface area contributed by atoms with Gasteiger partial charge in [0.15, 0.2) is 0 Å². The summed E-state index contributed by atoms with van der Waals surface area (Å²) in [6.07, 6.45) is 5.59. The third-order valence-electron chi connectivity index (χ3n) is 4.06. The van der Waals surface area contributed by atoms with Gasteiger partial charge in [0.05, 0.1) is 11.7 Å². The van der Waals surface area contributed by atoms with Crippen molar-refractivity contribution in [2.24, 2.45) is 0 Å². The molecule has 130 valence electrons. The summed E-state index contributed by atoms with van der Waals surface area (Å²) < 4.78 is 3.45. The van der Waals surface area contributed by atoms with Crippen LogP contribution in [-0.2, 0) is 11.3 Å². The van der Waals surface area contributed by atoms with Gasteiger partial charge in [-0.25, -0.2) is 4.98 Å². The summed E-state index contributed by atoms with van der Waals surface area (Å²) in [7, 11) is 0. The smallest absolute Gasteiger partial charge is 0.262 e. The van der Waals surface area contributed by atoms with Gasteiger partial charge in [-0.2, -0.15) is 0 Å². The molecule has 0 unspecified atom stereocenters. The van der Waals surface area contributed by atoms with E-state index in [1.807, 2.05) is 58.7 Å². The van der Waals surface area contributed by atoms with Crippen LogP contribution in [-0.4, -0.2) is 20.0 Å². The number of amides is 1. The Kier molecular flexibility index (Phi) is 4.37. The molecular weight excluding hydrogens is 348 g/mol. The second kappa shape index (κ2) is 6.97. The average Bonchev–Trinajstić information content (AvgIpc) is 3.33. The molecule has 0 aliphatic rings. The minimum atomic E-state index is -0.146. The number of carbonyl (C=O) groups is 1. The number of rotatable bonds is 5. The molecule has 0 fully saturated rings. The predicted molar refractivity (Wildman–Crippen MR) is 103 cm³/mol. The standard InChI is InChI=1S/C19H16N4O2S/c24-17(6-10-23-13-20-18-16(19(23)25)7-11-26-18)21-14-4-3-5-15(12-14)22-8-1-2-9-22/h1-5,7-9,11-13H,6,10H2,(H,21,24). The number of thiophene rings is 1. The first-order valence-corrected chi connectivity index (χ1v) is 9.04. The fraction of sp³-hybridized carbons (Fsp3) is 0.105. The summed E-state index contributed by atoms with van der Waals surface area (Å²) in [5.41, 5.74) is 1.58. The molecule has 1 amide bonds. The number of aryl methyl sites for hydroxylation is 1. The second-order valence-electron chi connectivity index (χ2n) is 5.82. The maximum absolute atomic E-state index is 12.3. The van der Waals surface area contributed by atoms with Crippen molar-refractivity contribution in [3.63, 3.8) is 0 Å². The van der Waals surface area contributed by atoms with E-state index in [2.05, 4.69) is 10.3 Å². The van der Waals surface area contributed by atoms with Crippen molar-refractivity contribution in [2.45, 2.75) is 13.0 Å². The highest BCUT2D eigenvalue weighted by molar-refractivity contribution is 7.16. The molecule has 0 atom stereocenters. The number of hydrogen-bond donors (Lipinski definition) is 1. The zero-order valence-corrected chi connectivity index (χ0v) is 14.6. The minimum absolute atomic E-state index is 0.112. The van der Waals surface area contributed by atoms with E-state index >= 15 is 0 Å². The molecule has 3 aromatic heterocycles. The van der Waals surface area contributed by atoms with E-state index in [0.29, 0.717) is 11.9 Å². The topological polar surface area (TPSA) is 68.9 Å². The van der Waals surface area contributed by atoms with E-state index < -0.39 is 0 Å². The first-order chi connectivity index (χ1) is 12.7. The van der Waals surface area contributed by atoms with Crippen LogP contribution in [0.5, 0.6) is 0 Å². The van der Waals surface area contributed by atoms with Gasteiger partial charge >= 0.3 is 0 Å². The maximum Gasteiger partial charge on any atom is 0.262 e. The van der Waals surface area contributed by atoms with Gasteiger partial charge in [0.2, 0.25) is 5.91 Å². The molecule has 0 saturated carbocycles. The molecule has 0 radical (unpaired) electrons. The zero-order chi connectivity index (χ0) is 17.9. The third-order valence-corrected chi connectivity index (χ3v) is 4.88. The molecule has 0 aliphatic heterocycles. The molecule has 4 aromatic rings. The van der Waals surface area contributed by atoms with Crippen molar-refractivity contribution < 1.29 is 4.79 Å². The fourth-order valence-electron chi connectivity index (χ4n) is 2.75. The minimum Gasteiger partial charge on any atom is -0.326 e. The Hall–Kier alpha value is -3.19. The summed E-state index contributed by atoms with van der Waals surface area (Å²) in [6.45, 7) is 0.292. The Morgan fingerprint density at radius 1 is 1.15 bits per heavy atom. The highest BCUT2D eigenvalue weighted by Gasteiger charge is 2.08. The summed E-state index contributed by atoms with van der Waals surface area (Å²) >= 11 is 1.43. The molecule has 0 spiro atoms. The van der Waals surface area contributed by atoms with Gasteiger partial charge in [-0.15, -0.1) is 11.3 Å². The molecule has 26 heavy (non-hydrogen) atoms. The zero-order valence-electron chi connectivity index (χ0n) is 13.8. The number of benzene rings is 1. The Balaban J connectivity index is 1.43. The molecule has 1 aromatic carbocycles.